The van der Waals surface area contributed by atoms with Crippen molar-refractivity contribution in [3.8, 4) is 0 Å². The van der Waals surface area contributed by atoms with E-state index in [1.165, 1.54) is 6.42 Å². The van der Waals surface area contributed by atoms with Crippen molar-refractivity contribution in [2.24, 2.45) is 5.92 Å². The van der Waals surface area contributed by atoms with Gasteiger partial charge >= 0.3 is 0 Å². The Morgan fingerprint density at radius 2 is 2.13 bits per heavy atom. The maximum Gasteiger partial charge on any atom is 0.223 e. The lowest BCUT2D eigenvalue weighted by Gasteiger charge is -2.39. The molecule has 15 heavy (non-hydrogen) atoms. The molecule has 4 heteroatoms. The number of aliphatic hydroxyl groups is 1. The number of hydrogen-bond acceptors (Lipinski definition) is 3. The third-order valence-electron chi connectivity index (χ3n) is 3.51. The average molecular weight is 212 g/mol. The first-order valence-electron chi connectivity index (χ1n) is 5.92. The van der Waals surface area contributed by atoms with Crippen LogP contribution in [0.2, 0.25) is 0 Å². The first-order chi connectivity index (χ1) is 7.31. The van der Waals surface area contributed by atoms with E-state index in [1.807, 2.05) is 4.90 Å². The maximum absolute atomic E-state index is 12.0. The van der Waals surface area contributed by atoms with Gasteiger partial charge < -0.3 is 15.3 Å². The SMILES string of the molecule is O=C(CC1CNC1)N(CCO)C1CCC1. The number of carbonyl (C=O) groups excluding carboxylic acids is 1. The van der Waals surface area contributed by atoms with Gasteiger partial charge in [-0.3, -0.25) is 4.79 Å². The van der Waals surface area contributed by atoms with Crippen LogP contribution < -0.4 is 5.32 Å². The van der Waals surface area contributed by atoms with Crippen molar-refractivity contribution in [3.63, 3.8) is 0 Å². The highest BCUT2D eigenvalue weighted by Crippen LogP contribution is 2.26. The number of aliphatic hydroxyl groups excluding tert-OH is 1. The predicted molar refractivity (Wildman–Crippen MR) is 57.4 cm³/mol. The van der Waals surface area contributed by atoms with E-state index in [1.54, 1.807) is 0 Å². The van der Waals surface area contributed by atoms with Gasteiger partial charge in [0.05, 0.1) is 6.61 Å². The summed E-state index contributed by atoms with van der Waals surface area (Å²) in [5, 5.41) is 12.1. The van der Waals surface area contributed by atoms with E-state index in [0.717, 1.165) is 25.9 Å². The molecule has 1 saturated carbocycles. The lowest BCUT2D eigenvalue weighted by Crippen LogP contribution is -2.49. The van der Waals surface area contributed by atoms with Gasteiger partial charge in [0.2, 0.25) is 5.91 Å². The van der Waals surface area contributed by atoms with E-state index in [9.17, 15) is 4.79 Å². The molecule has 0 spiro atoms. The summed E-state index contributed by atoms with van der Waals surface area (Å²) in [6, 6.07) is 0.415. The van der Waals surface area contributed by atoms with E-state index in [0.29, 0.717) is 24.9 Å². The highest BCUT2D eigenvalue weighted by atomic mass is 16.3. The number of rotatable bonds is 5. The highest BCUT2D eigenvalue weighted by Gasteiger charge is 2.30. The van der Waals surface area contributed by atoms with Crippen LogP contribution in [0.25, 0.3) is 0 Å². The lowest BCUT2D eigenvalue weighted by atomic mass is 9.90. The molecule has 2 rings (SSSR count). The second kappa shape index (κ2) is 4.94. The van der Waals surface area contributed by atoms with E-state index >= 15 is 0 Å². The van der Waals surface area contributed by atoms with Crippen molar-refractivity contribution < 1.29 is 9.90 Å². The fraction of sp³-hybridized carbons (Fsp3) is 0.909. The average Bonchev–Trinajstić information content (AvgIpc) is 2.07. The van der Waals surface area contributed by atoms with Gasteiger partial charge in [-0.15, -0.1) is 0 Å². The van der Waals surface area contributed by atoms with Crippen LogP contribution in [0.3, 0.4) is 0 Å². The molecule has 1 saturated heterocycles. The Balaban J connectivity index is 1.81. The molecule has 2 aliphatic rings. The van der Waals surface area contributed by atoms with Gasteiger partial charge in [0.25, 0.3) is 0 Å². The molecule has 0 radical (unpaired) electrons. The minimum Gasteiger partial charge on any atom is -0.395 e. The molecular weight excluding hydrogens is 192 g/mol. The van der Waals surface area contributed by atoms with Gasteiger partial charge in [0.15, 0.2) is 0 Å². The van der Waals surface area contributed by atoms with Crippen LogP contribution in [0, 0.1) is 5.92 Å². The summed E-state index contributed by atoms with van der Waals surface area (Å²) >= 11 is 0. The van der Waals surface area contributed by atoms with Crippen molar-refractivity contribution in [2.45, 2.75) is 31.7 Å². The predicted octanol–water partition coefficient (Wildman–Crippen LogP) is -0.0307. The van der Waals surface area contributed by atoms with Crippen LogP contribution in [-0.2, 0) is 4.79 Å². The van der Waals surface area contributed by atoms with Crippen molar-refractivity contribution in [1.82, 2.24) is 10.2 Å². The smallest absolute Gasteiger partial charge is 0.223 e. The third-order valence-corrected chi connectivity index (χ3v) is 3.51. The molecule has 0 bridgehead atoms. The molecule has 1 aliphatic heterocycles. The Morgan fingerprint density at radius 3 is 2.53 bits per heavy atom. The molecule has 0 atom stereocenters. The Morgan fingerprint density at radius 1 is 1.40 bits per heavy atom. The summed E-state index contributed by atoms with van der Waals surface area (Å²) in [5.41, 5.74) is 0. The first kappa shape index (κ1) is 10.9. The summed E-state index contributed by atoms with van der Waals surface area (Å²) in [7, 11) is 0. The number of hydrogen-bond donors (Lipinski definition) is 2. The van der Waals surface area contributed by atoms with E-state index in [4.69, 9.17) is 5.11 Å². The molecule has 2 fully saturated rings. The number of amides is 1. The second-order valence-corrected chi connectivity index (χ2v) is 4.62. The normalized spacial score (nSPS) is 21.9. The van der Waals surface area contributed by atoms with Crippen LogP contribution in [0.5, 0.6) is 0 Å². The molecule has 1 aliphatic carbocycles. The molecule has 0 aromatic carbocycles. The number of nitrogens with zero attached hydrogens (tertiary/aromatic N) is 1. The topological polar surface area (TPSA) is 52.6 Å². The van der Waals surface area contributed by atoms with Crippen LogP contribution in [0.15, 0.2) is 0 Å². The first-order valence-corrected chi connectivity index (χ1v) is 5.92. The molecule has 86 valence electrons. The molecule has 1 amide bonds. The number of nitrogens with one attached hydrogen (secondary N) is 1. The molecule has 1 heterocycles. The van der Waals surface area contributed by atoms with Crippen LogP contribution >= 0.6 is 0 Å². The van der Waals surface area contributed by atoms with Gasteiger partial charge in [0.1, 0.15) is 0 Å². The standard InChI is InChI=1S/C11H20N2O2/c14-5-4-13(10-2-1-3-10)11(15)6-9-7-12-8-9/h9-10,12,14H,1-8H2. The van der Waals surface area contributed by atoms with Crippen molar-refractivity contribution in [2.75, 3.05) is 26.2 Å². The summed E-state index contributed by atoms with van der Waals surface area (Å²) in [6.45, 7) is 2.56. The van der Waals surface area contributed by atoms with E-state index < -0.39 is 0 Å². The van der Waals surface area contributed by atoms with Crippen molar-refractivity contribution in [1.29, 1.82) is 0 Å². The molecule has 0 aromatic rings. The Bertz CT molecular complexity index is 225. The van der Waals surface area contributed by atoms with E-state index in [2.05, 4.69) is 5.32 Å². The largest absolute Gasteiger partial charge is 0.395 e. The minimum absolute atomic E-state index is 0.0884. The zero-order chi connectivity index (χ0) is 10.7. The lowest BCUT2D eigenvalue weighted by molar-refractivity contribution is -0.137. The molecular formula is C11H20N2O2. The Hall–Kier alpha value is -0.610. The van der Waals surface area contributed by atoms with E-state index in [-0.39, 0.29) is 12.5 Å². The zero-order valence-electron chi connectivity index (χ0n) is 9.11. The van der Waals surface area contributed by atoms with Gasteiger partial charge in [-0.05, 0) is 38.3 Å². The Labute approximate surface area is 90.6 Å². The fourth-order valence-electron chi connectivity index (χ4n) is 2.17. The van der Waals surface area contributed by atoms with Crippen LogP contribution in [0.1, 0.15) is 25.7 Å². The fourth-order valence-corrected chi connectivity index (χ4v) is 2.17. The molecule has 2 N–H and O–H groups in total. The van der Waals surface area contributed by atoms with Gasteiger partial charge in [-0.25, -0.2) is 0 Å². The van der Waals surface area contributed by atoms with Crippen LogP contribution in [0.4, 0.5) is 0 Å². The number of carbonyl (C=O) groups is 1. The van der Waals surface area contributed by atoms with Crippen molar-refractivity contribution >= 4 is 5.91 Å². The summed E-state index contributed by atoms with van der Waals surface area (Å²) in [5.74, 6) is 0.763. The molecule has 0 unspecified atom stereocenters. The maximum atomic E-state index is 12.0. The van der Waals surface area contributed by atoms with Gasteiger partial charge in [0, 0.05) is 19.0 Å². The second-order valence-electron chi connectivity index (χ2n) is 4.62. The zero-order valence-corrected chi connectivity index (χ0v) is 9.11. The highest BCUT2D eigenvalue weighted by molar-refractivity contribution is 5.77. The summed E-state index contributed by atoms with van der Waals surface area (Å²) in [4.78, 5) is 13.8. The molecule has 4 nitrogen and oxygen atoms in total. The third kappa shape index (κ3) is 2.49. The monoisotopic (exact) mass is 212 g/mol. The Kier molecular flexibility index (Phi) is 3.59. The van der Waals surface area contributed by atoms with Crippen molar-refractivity contribution in [3.05, 3.63) is 0 Å². The summed E-state index contributed by atoms with van der Waals surface area (Å²) in [6.07, 6.45) is 4.12. The molecule has 0 aromatic heterocycles. The quantitative estimate of drug-likeness (QED) is 0.673. The minimum atomic E-state index is 0.0884. The van der Waals surface area contributed by atoms with Gasteiger partial charge in [-0.1, -0.05) is 0 Å². The summed E-state index contributed by atoms with van der Waals surface area (Å²) < 4.78 is 0. The van der Waals surface area contributed by atoms with Crippen LogP contribution in [-0.4, -0.2) is 48.2 Å². The van der Waals surface area contributed by atoms with Gasteiger partial charge in [-0.2, -0.15) is 0 Å².